The highest BCUT2D eigenvalue weighted by atomic mass is 32.2. The van der Waals surface area contributed by atoms with Crippen LogP contribution in [0.1, 0.15) is 0 Å². The van der Waals surface area contributed by atoms with Gasteiger partial charge in [-0.1, -0.05) is 35.2 Å². The number of nitrogens with one attached hydrogen (secondary N) is 2. The molecule has 0 saturated carbocycles. The topological polar surface area (TPSA) is 76.1 Å². The SMILES string of the molecule is COc1ccc2nc(NC(=O)NCSc3nc4ccccc4s3)sc2c1. The van der Waals surface area contributed by atoms with Crippen LogP contribution in [-0.4, -0.2) is 29.0 Å². The number of hydrogen-bond acceptors (Lipinski definition) is 7. The second-order valence-corrected chi connectivity index (χ2v) is 8.50. The minimum Gasteiger partial charge on any atom is -0.497 e. The number of para-hydroxylation sites is 1. The van der Waals surface area contributed by atoms with Gasteiger partial charge in [-0.15, -0.1) is 11.3 Å². The monoisotopic (exact) mass is 402 g/mol. The van der Waals surface area contributed by atoms with Gasteiger partial charge in [0.2, 0.25) is 0 Å². The maximum absolute atomic E-state index is 12.1. The van der Waals surface area contributed by atoms with Gasteiger partial charge >= 0.3 is 6.03 Å². The number of urea groups is 1. The molecule has 4 aromatic rings. The molecular formula is C17H14N4O2S3. The third-order valence-corrected chi connectivity index (χ3v) is 6.51. The summed E-state index contributed by atoms with van der Waals surface area (Å²) in [7, 11) is 1.62. The van der Waals surface area contributed by atoms with Crippen molar-refractivity contribution in [1.82, 2.24) is 15.3 Å². The Balaban J connectivity index is 1.33. The number of anilines is 1. The van der Waals surface area contributed by atoms with Crippen molar-refractivity contribution in [3.8, 4) is 5.75 Å². The molecule has 6 nitrogen and oxygen atoms in total. The van der Waals surface area contributed by atoms with Crippen LogP contribution in [-0.2, 0) is 0 Å². The summed E-state index contributed by atoms with van der Waals surface area (Å²) in [6.07, 6.45) is 0. The van der Waals surface area contributed by atoms with Crippen LogP contribution in [0.15, 0.2) is 46.8 Å². The third kappa shape index (κ3) is 3.74. The van der Waals surface area contributed by atoms with Gasteiger partial charge < -0.3 is 10.1 Å². The van der Waals surface area contributed by atoms with Crippen LogP contribution in [0.2, 0.25) is 0 Å². The number of carbonyl (C=O) groups excluding carboxylic acids is 1. The lowest BCUT2D eigenvalue weighted by molar-refractivity contribution is 0.253. The number of thioether (sulfide) groups is 1. The Hall–Kier alpha value is -2.36. The van der Waals surface area contributed by atoms with Gasteiger partial charge in [-0.3, -0.25) is 5.32 Å². The minimum atomic E-state index is -0.287. The van der Waals surface area contributed by atoms with E-state index in [2.05, 4.69) is 20.6 Å². The van der Waals surface area contributed by atoms with Crippen molar-refractivity contribution in [2.45, 2.75) is 4.34 Å². The molecule has 132 valence electrons. The van der Waals surface area contributed by atoms with E-state index < -0.39 is 0 Å². The van der Waals surface area contributed by atoms with Gasteiger partial charge in [0.15, 0.2) is 9.47 Å². The summed E-state index contributed by atoms with van der Waals surface area (Å²) in [5.41, 5.74) is 1.81. The summed E-state index contributed by atoms with van der Waals surface area (Å²) in [4.78, 5) is 21.0. The van der Waals surface area contributed by atoms with E-state index >= 15 is 0 Å². The molecule has 0 radical (unpaired) electrons. The van der Waals surface area contributed by atoms with Gasteiger partial charge in [-0.2, -0.15) is 0 Å². The first-order valence-electron chi connectivity index (χ1n) is 7.69. The lowest BCUT2D eigenvalue weighted by atomic mass is 10.3. The maximum Gasteiger partial charge on any atom is 0.321 e. The maximum atomic E-state index is 12.1. The molecule has 0 aliphatic heterocycles. The molecule has 2 amide bonds. The predicted octanol–water partition coefficient (Wildman–Crippen LogP) is 4.79. The Morgan fingerprint density at radius 2 is 1.96 bits per heavy atom. The van der Waals surface area contributed by atoms with Crippen LogP contribution in [0.5, 0.6) is 5.75 Å². The molecule has 2 heterocycles. The summed E-state index contributed by atoms with van der Waals surface area (Å²) >= 11 is 4.52. The summed E-state index contributed by atoms with van der Waals surface area (Å²) in [6, 6.07) is 13.3. The van der Waals surface area contributed by atoms with Gasteiger partial charge in [-0.05, 0) is 30.3 Å². The Morgan fingerprint density at radius 1 is 1.12 bits per heavy atom. The number of nitrogens with zero attached hydrogens (tertiary/aromatic N) is 2. The second kappa shape index (κ2) is 7.48. The average Bonchev–Trinajstić information content (AvgIpc) is 3.23. The Morgan fingerprint density at radius 3 is 2.81 bits per heavy atom. The number of benzene rings is 2. The van der Waals surface area contributed by atoms with Crippen molar-refractivity contribution in [3.63, 3.8) is 0 Å². The highest BCUT2D eigenvalue weighted by molar-refractivity contribution is 8.01. The van der Waals surface area contributed by atoms with Gasteiger partial charge in [0.1, 0.15) is 5.75 Å². The highest BCUT2D eigenvalue weighted by Crippen LogP contribution is 2.30. The van der Waals surface area contributed by atoms with Gasteiger partial charge in [0, 0.05) is 0 Å². The molecule has 0 fully saturated rings. The lowest BCUT2D eigenvalue weighted by Gasteiger charge is -2.03. The third-order valence-electron chi connectivity index (χ3n) is 3.52. The molecule has 26 heavy (non-hydrogen) atoms. The van der Waals surface area contributed by atoms with Crippen molar-refractivity contribution in [1.29, 1.82) is 0 Å². The van der Waals surface area contributed by atoms with Gasteiger partial charge in [0.25, 0.3) is 0 Å². The molecule has 0 aliphatic rings. The molecule has 0 atom stereocenters. The first-order valence-corrected chi connectivity index (χ1v) is 10.3. The van der Waals surface area contributed by atoms with Crippen molar-refractivity contribution < 1.29 is 9.53 Å². The number of thiazole rings is 2. The zero-order valence-electron chi connectivity index (χ0n) is 13.7. The van der Waals surface area contributed by atoms with Crippen LogP contribution in [0.3, 0.4) is 0 Å². The quantitative estimate of drug-likeness (QED) is 0.371. The van der Waals surface area contributed by atoms with E-state index in [9.17, 15) is 4.79 Å². The summed E-state index contributed by atoms with van der Waals surface area (Å²) in [5, 5.41) is 6.13. The van der Waals surface area contributed by atoms with E-state index in [0.29, 0.717) is 11.0 Å². The first kappa shape index (κ1) is 17.1. The number of ether oxygens (including phenoxy) is 1. The lowest BCUT2D eigenvalue weighted by Crippen LogP contribution is -2.28. The minimum absolute atomic E-state index is 0.287. The Bertz CT molecular complexity index is 1040. The molecular weight excluding hydrogens is 388 g/mol. The Labute approximate surface area is 161 Å². The number of hydrogen-bond donors (Lipinski definition) is 2. The second-order valence-electron chi connectivity index (χ2n) is 5.22. The molecule has 0 aliphatic carbocycles. The standard InChI is InChI=1S/C17H14N4O2S3/c1-23-10-6-7-12-14(8-10)25-16(19-12)21-15(22)18-9-24-17-20-11-4-2-3-5-13(11)26-17/h2-8H,9H2,1H3,(H2,18,19,21,22). The molecule has 2 aromatic heterocycles. The Kier molecular flexibility index (Phi) is 4.91. The van der Waals surface area contributed by atoms with E-state index in [4.69, 9.17) is 4.74 Å². The number of methoxy groups -OCH3 is 1. The molecule has 0 spiro atoms. The van der Waals surface area contributed by atoms with E-state index in [0.717, 1.165) is 30.5 Å². The molecule has 0 unspecified atom stereocenters. The van der Waals surface area contributed by atoms with Crippen molar-refractivity contribution in [2.24, 2.45) is 0 Å². The van der Waals surface area contributed by atoms with Crippen molar-refractivity contribution in [3.05, 3.63) is 42.5 Å². The fourth-order valence-corrected chi connectivity index (χ4v) is 5.06. The van der Waals surface area contributed by atoms with Gasteiger partial charge in [0.05, 0.1) is 33.4 Å². The van der Waals surface area contributed by atoms with E-state index in [-0.39, 0.29) is 6.03 Å². The zero-order chi connectivity index (χ0) is 17.9. The highest BCUT2D eigenvalue weighted by Gasteiger charge is 2.09. The normalized spacial score (nSPS) is 11.0. The van der Waals surface area contributed by atoms with Gasteiger partial charge in [-0.25, -0.2) is 14.8 Å². The number of fused-ring (bicyclic) bond motifs is 2. The molecule has 0 saturated heterocycles. The fourth-order valence-electron chi connectivity index (χ4n) is 2.30. The molecule has 0 bridgehead atoms. The van der Waals surface area contributed by atoms with Crippen LogP contribution in [0.25, 0.3) is 20.4 Å². The van der Waals surface area contributed by atoms with E-state index in [1.165, 1.54) is 23.1 Å². The van der Waals surface area contributed by atoms with Crippen LogP contribution in [0, 0.1) is 0 Å². The van der Waals surface area contributed by atoms with Crippen molar-refractivity contribution in [2.75, 3.05) is 18.3 Å². The largest absolute Gasteiger partial charge is 0.497 e. The van der Waals surface area contributed by atoms with Crippen LogP contribution in [0.4, 0.5) is 9.93 Å². The zero-order valence-corrected chi connectivity index (χ0v) is 16.1. The molecule has 4 rings (SSSR count). The number of amides is 2. The van der Waals surface area contributed by atoms with Crippen LogP contribution < -0.4 is 15.4 Å². The van der Waals surface area contributed by atoms with Crippen molar-refractivity contribution >= 4 is 66.0 Å². The van der Waals surface area contributed by atoms with E-state index in [1.807, 2.05) is 42.5 Å². The molecule has 2 N–H and O–H groups in total. The summed E-state index contributed by atoms with van der Waals surface area (Å²) in [5.74, 6) is 1.20. The predicted molar refractivity (Wildman–Crippen MR) is 109 cm³/mol. The molecule has 9 heteroatoms. The smallest absolute Gasteiger partial charge is 0.321 e. The van der Waals surface area contributed by atoms with E-state index in [1.54, 1.807) is 18.4 Å². The fraction of sp³-hybridized carbons (Fsp3) is 0.118. The summed E-state index contributed by atoms with van der Waals surface area (Å²) < 4.78 is 8.23. The summed E-state index contributed by atoms with van der Waals surface area (Å²) in [6.45, 7) is 0. The molecule has 2 aromatic carbocycles. The van der Waals surface area contributed by atoms with Crippen LogP contribution >= 0.6 is 34.4 Å². The number of rotatable bonds is 5. The number of aromatic nitrogens is 2. The number of carbonyl (C=O) groups is 1. The first-order chi connectivity index (χ1) is 12.7. The average molecular weight is 403 g/mol.